The van der Waals surface area contributed by atoms with Crippen LogP contribution in [-0.2, 0) is 27.5 Å². The number of hydrogen-bond acceptors (Lipinski definition) is 4. The van der Waals surface area contributed by atoms with Gasteiger partial charge in [-0.2, -0.15) is 8.42 Å². The normalized spacial score (nSPS) is 11.7. The van der Waals surface area contributed by atoms with Crippen LogP contribution in [0.4, 0.5) is 4.39 Å². The molecule has 4 aromatic rings. The van der Waals surface area contributed by atoms with Crippen molar-refractivity contribution in [2.75, 3.05) is 6.61 Å². The maximum atomic E-state index is 13.0. The minimum atomic E-state index is -3.86. The van der Waals surface area contributed by atoms with Gasteiger partial charge in [-0.1, -0.05) is 29.8 Å². The third kappa shape index (κ3) is 5.13. The monoisotopic (exact) mass is 439 g/mol. The Morgan fingerprint density at radius 1 is 0.935 bits per heavy atom. The van der Waals surface area contributed by atoms with Crippen LogP contribution in [0.15, 0.2) is 83.9 Å². The van der Waals surface area contributed by atoms with Gasteiger partial charge in [0.05, 0.1) is 17.0 Å². The highest BCUT2D eigenvalue weighted by molar-refractivity contribution is 7.86. The van der Waals surface area contributed by atoms with E-state index in [1.54, 1.807) is 35.0 Å². The molecule has 4 rings (SSSR count). The molecule has 7 heteroatoms. The molecule has 1 aromatic heterocycles. The number of rotatable bonds is 8. The molecule has 0 spiro atoms. The number of benzene rings is 3. The van der Waals surface area contributed by atoms with Crippen LogP contribution < -0.4 is 4.74 Å². The van der Waals surface area contributed by atoms with Gasteiger partial charge >= 0.3 is 0 Å². The van der Waals surface area contributed by atoms with Gasteiger partial charge in [-0.3, -0.25) is 0 Å². The minimum absolute atomic E-state index is 0.124. The van der Waals surface area contributed by atoms with Crippen molar-refractivity contribution in [3.05, 3.63) is 95.9 Å². The molecule has 0 aliphatic carbocycles. The van der Waals surface area contributed by atoms with Crippen LogP contribution in [0.2, 0.25) is 0 Å². The van der Waals surface area contributed by atoms with Crippen LogP contribution in [-0.4, -0.2) is 19.6 Å². The van der Waals surface area contributed by atoms with Gasteiger partial charge in [0.25, 0.3) is 10.1 Å². The second-order valence-corrected chi connectivity index (χ2v) is 8.86. The lowest BCUT2D eigenvalue weighted by Crippen LogP contribution is -2.10. The van der Waals surface area contributed by atoms with Gasteiger partial charge in [-0.25, -0.2) is 8.57 Å². The molecule has 3 aromatic carbocycles. The number of nitrogens with zero attached hydrogens (tertiary/aromatic N) is 1. The summed E-state index contributed by atoms with van der Waals surface area (Å²) >= 11 is 0. The van der Waals surface area contributed by atoms with Crippen molar-refractivity contribution in [3.63, 3.8) is 0 Å². The topological polar surface area (TPSA) is 57.5 Å². The summed E-state index contributed by atoms with van der Waals surface area (Å²) in [5.41, 5.74) is 2.77. The Balaban J connectivity index is 1.43. The number of hydrogen-bond donors (Lipinski definition) is 0. The van der Waals surface area contributed by atoms with Crippen molar-refractivity contribution in [2.24, 2.45) is 0 Å². The van der Waals surface area contributed by atoms with Crippen molar-refractivity contribution in [2.45, 2.75) is 25.0 Å². The van der Waals surface area contributed by atoms with Crippen molar-refractivity contribution in [1.82, 2.24) is 4.57 Å². The summed E-state index contributed by atoms with van der Waals surface area (Å²) in [6.45, 7) is 2.19. The number of aromatic nitrogens is 1. The fourth-order valence-electron chi connectivity index (χ4n) is 3.20. The van der Waals surface area contributed by atoms with Gasteiger partial charge in [-0.15, -0.1) is 0 Å². The molecule has 0 N–H and O–H groups in total. The Morgan fingerprint density at radius 2 is 1.68 bits per heavy atom. The van der Waals surface area contributed by atoms with Gasteiger partial charge in [0, 0.05) is 18.7 Å². The highest BCUT2D eigenvalue weighted by Crippen LogP contribution is 2.23. The van der Waals surface area contributed by atoms with E-state index < -0.39 is 10.1 Å². The molecular weight excluding hydrogens is 417 g/mol. The van der Waals surface area contributed by atoms with Crippen molar-refractivity contribution >= 4 is 21.0 Å². The van der Waals surface area contributed by atoms with E-state index in [0.717, 1.165) is 22.0 Å². The van der Waals surface area contributed by atoms with E-state index >= 15 is 0 Å². The summed E-state index contributed by atoms with van der Waals surface area (Å²) in [7, 11) is -3.86. The van der Waals surface area contributed by atoms with Crippen molar-refractivity contribution in [1.29, 1.82) is 0 Å². The van der Waals surface area contributed by atoms with Gasteiger partial charge in [0.2, 0.25) is 0 Å². The quantitative estimate of drug-likeness (QED) is 0.360. The number of fused-ring (bicyclic) bond motifs is 1. The molecule has 0 fully saturated rings. The smallest absolute Gasteiger partial charge is 0.298 e. The van der Waals surface area contributed by atoms with E-state index in [2.05, 4.69) is 0 Å². The van der Waals surface area contributed by atoms with Crippen LogP contribution in [0.1, 0.15) is 11.1 Å². The van der Waals surface area contributed by atoms with E-state index in [9.17, 15) is 12.8 Å². The molecule has 0 saturated carbocycles. The van der Waals surface area contributed by atoms with Crippen LogP contribution in [0, 0.1) is 12.7 Å². The highest BCUT2D eigenvalue weighted by Gasteiger charge is 2.15. The molecule has 0 bridgehead atoms. The first-order valence-corrected chi connectivity index (χ1v) is 11.2. The maximum absolute atomic E-state index is 13.0. The molecule has 0 radical (unpaired) electrons. The first-order chi connectivity index (χ1) is 14.9. The average Bonchev–Trinajstić information content (AvgIpc) is 3.16. The molecule has 1 heterocycles. The zero-order valence-corrected chi connectivity index (χ0v) is 17.8. The SMILES string of the molecule is Cc1ccc(S(=O)(=O)OCn2ccc3ccc(OCCc4ccc(F)cc4)cc32)cc1. The largest absolute Gasteiger partial charge is 0.493 e. The lowest BCUT2D eigenvalue weighted by molar-refractivity contribution is 0.248. The van der Waals surface area contributed by atoms with Crippen LogP contribution in [0.25, 0.3) is 10.9 Å². The molecule has 0 saturated heterocycles. The Morgan fingerprint density at radius 3 is 2.42 bits per heavy atom. The summed E-state index contributed by atoms with van der Waals surface area (Å²) < 4.78 is 50.7. The lowest BCUT2D eigenvalue weighted by Gasteiger charge is -2.10. The van der Waals surface area contributed by atoms with Gasteiger partial charge in [0.15, 0.2) is 0 Å². The predicted molar refractivity (Wildman–Crippen MR) is 117 cm³/mol. The van der Waals surface area contributed by atoms with Crippen molar-refractivity contribution < 1.29 is 21.7 Å². The third-order valence-corrected chi connectivity index (χ3v) is 6.24. The zero-order valence-electron chi connectivity index (χ0n) is 17.0. The Labute approximate surface area is 180 Å². The molecular formula is C24H22FNO4S. The van der Waals surface area contributed by atoms with E-state index in [1.807, 2.05) is 31.2 Å². The standard InChI is InChI=1S/C24H22FNO4S/c1-18-2-10-23(11-3-18)31(27,28)30-17-26-14-12-20-6-9-22(16-24(20)26)29-15-13-19-4-7-21(25)8-5-19/h2-12,14,16H,13,15,17H2,1H3. The summed E-state index contributed by atoms with van der Waals surface area (Å²) in [5.74, 6) is 0.401. The zero-order chi connectivity index (χ0) is 21.8. The van der Waals surface area contributed by atoms with Crippen LogP contribution >= 0.6 is 0 Å². The van der Waals surface area contributed by atoms with Crippen LogP contribution in [0.3, 0.4) is 0 Å². The average molecular weight is 440 g/mol. The molecule has 0 unspecified atom stereocenters. The Hall–Kier alpha value is -3.16. The van der Waals surface area contributed by atoms with Crippen LogP contribution in [0.5, 0.6) is 5.75 Å². The molecule has 31 heavy (non-hydrogen) atoms. The lowest BCUT2D eigenvalue weighted by atomic mass is 10.1. The maximum Gasteiger partial charge on any atom is 0.298 e. The molecule has 0 amide bonds. The molecule has 160 valence electrons. The van der Waals surface area contributed by atoms with E-state index in [1.165, 1.54) is 24.3 Å². The highest BCUT2D eigenvalue weighted by atomic mass is 32.2. The molecule has 5 nitrogen and oxygen atoms in total. The number of ether oxygens (including phenoxy) is 1. The van der Waals surface area contributed by atoms with E-state index in [-0.39, 0.29) is 17.4 Å². The summed E-state index contributed by atoms with van der Waals surface area (Å²) in [6.07, 6.45) is 2.43. The fraction of sp³-hybridized carbons (Fsp3) is 0.167. The Bertz CT molecular complexity index is 1280. The second kappa shape index (κ2) is 8.91. The van der Waals surface area contributed by atoms with Gasteiger partial charge in [0.1, 0.15) is 18.3 Å². The van der Waals surface area contributed by atoms with E-state index in [0.29, 0.717) is 18.8 Å². The molecule has 0 aliphatic heterocycles. The fourth-order valence-corrected chi connectivity index (χ4v) is 4.06. The van der Waals surface area contributed by atoms with E-state index in [4.69, 9.17) is 8.92 Å². The summed E-state index contributed by atoms with van der Waals surface area (Å²) in [4.78, 5) is 0.124. The third-order valence-electron chi connectivity index (χ3n) is 4.97. The first-order valence-electron chi connectivity index (χ1n) is 9.83. The minimum Gasteiger partial charge on any atom is -0.493 e. The molecule has 0 aliphatic rings. The molecule has 0 atom stereocenters. The van der Waals surface area contributed by atoms with Crippen molar-refractivity contribution in [3.8, 4) is 5.75 Å². The Kier molecular flexibility index (Phi) is 6.06. The second-order valence-electron chi connectivity index (χ2n) is 7.25. The first kappa shape index (κ1) is 21.1. The van der Waals surface area contributed by atoms with Gasteiger partial charge in [-0.05, 0) is 60.3 Å². The predicted octanol–water partition coefficient (Wildman–Crippen LogP) is 5.07. The summed E-state index contributed by atoms with van der Waals surface area (Å²) in [5, 5.41) is 0.946. The number of aryl methyl sites for hydroxylation is 1. The number of halogens is 1. The van der Waals surface area contributed by atoms with Gasteiger partial charge < -0.3 is 9.30 Å². The summed E-state index contributed by atoms with van der Waals surface area (Å²) in [6, 6.07) is 20.4.